The molecule has 8 heteroatoms. The van der Waals surface area contributed by atoms with Crippen LogP contribution in [0.1, 0.15) is 40.4 Å². The van der Waals surface area contributed by atoms with Gasteiger partial charge >= 0.3 is 0 Å². The number of carbonyl (C=O) groups is 2. The summed E-state index contributed by atoms with van der Waals surface area (Å²) in [6.07, 6.45) is 2.15. The Kier molecular flexibility index (Phi) is 5.67. The number of ketones is 1. The molecule has 0 N–H and O–H groups in total. The number of amides is 1. The maximum Gasteiger partial charge on any atom is 0.281 e. The van der Waals surface area contributed by atoms with Gasteiger partial charge < -0.3 is 13.9 Å². The van der Waals surface area contributed by atoms with E-state index >= 15 is 0 Å². The minimum atomic E-state index is -0.285. The topological polar surface area (TPSA) is 81.3 Å². The average Bonchev–Trinajstić information content (AvgIpc) is 3.51. The van der Waals surface area contributed by atoms with Crippen LogP contribution < -0.4 is 9.47 Å². The van der Waals surface area contributed by atoms with E-state index in [9.17, 15) is 9.59 Å². The van der Waals surface area contributed by atoms with E-state index in [0.717, 1.165) is 10.6 Å². The number of methoxy groups -OCH3 is 1. The third-order valence-electron chi connectivity index (χ3n) is 4.76. The highest BCUT2D eigenvalue weighted by Crippen LogP contribution is 2.35. The third-order valence-corrected chi connectivity index (χ3v) is 5.74. The lowest BCUT2D eigenvalue weighted by molar-refractivity contribution is -0.135. The largest absolute Gasteiger partial charge is 0.493 e. The SMILES string of the molecule is COc1cc(C(C)=O)ccc1OCC(=O)N1N=C(c2ccco2)C[C@H]1c1cccs1. The predicted octanol–water partition coefficient (Wildman–Crippen LogP) is 4.31. The first-order chi connectivity index (χ1) is 14.6. The highest BCUT2D eigenvalue weighted by Gasteiger charge is 2.34. The van der Waals surface area contributed by atoms with E-state index in [4.69, 9.17) is 13.9 Å². The fourth-order valence-corrected chi connectivity index (χ4v) is 4.06. The number of thiophene rings is 1. The molecular formula is C22H20N2O5S. The summed E-state index contributed by atoms with van der Waals surface area (Å²) < 4.78 is 16.5. The number of furan rings is 1. The van der Waals surface area contributed by atoms with Crippen molar-refractivity contribution in [2.75, 3.05) is 13.7 Å². The van der Waals surface area contributed by atoms with Gasteiger partial charge in [0, 0.05) is 16.9 Å². The summed E-state index contributed by atoms with van der Waals surface area (Å²) in [5.74, 6) is 1.07. The molecule has 0 aliphatic carbocycles. The van der Waals surface area contributed by atoms with Crippen LogP contribution >= 0.6 is 11.3 Å². The average molecular weight is 424 g/mol. The van der Waals surface area contributed by atoms with Crippen molar-refractivity contribution < 1.29 is 23.5 Å². The number of hydrogen-bond acceptors (Lipinski definition) is 7. The van der Waals surface area contributed by atoms with Crippen LogP contribution in [0, 0.1) is 0 Å². The van der Waals surface area contributed by atoms with Crippen molar-refractivity contribution in [3.8, 4) is 11.5 Å². The quantitative estimate of drug-likeness (QED) is 0.528. The van der Waals surface area contributed by atoms with Crippen molar-refractivity contribution in [2.45, 2.75) is 19.4 Å². The number of carbonyl (C=O) groups excluding carboxylic acids is 2. The molecule has 1 aliphatic rings. The van der Waals surface area contributed by atoms with Gasteiger partial charge in [-0.05, 0) is 48.7 Å². The zero-order valence-corrected chi connectivity index (χ0v) is 17.3. The van der Waals surface area contributed by atoms with Gasteiger partial charge in [-0.25, -0.2) is 5.01 Å². The van der Waals surface area contributed by atoms with E-state index in [0.29, 0.717) is 29.2 Å². The van der Waals surface area contributed by atoms with Gasteiger partial charge in [-0.1, -0.05) is 6.07 Å². The second-order valence-corrected chi connectivity index (χ2v) is 7.69. The molecule has 30 heavy (non-hydrogen) atoms. The van der Waals surface area contributed by atoms with Gasteiger partial charge in [-0.2, -0.15) is 5.10 Å². The van der Waals surface area contributed by atoms with E-state index in [1.807, 2.05) is 23.6 Å². The molecule has 154 valence electrons. The first-order valence-electron chi connectivity index (χ1n) is 9.35. The zero-order chi connectivity index (χ0) is 21.1. The lowest BCUT2D eigenvalue weighted by atomic mass is 10.1. The van der Waals surface area contributed by atoms with Crippen LogP contribution in [-0.2, 0) is 4.79 Å². The monoisotopic (exact) mass is 424 g/mol. The van der Waals surface area contributed by atoms with Crippen LogP contribution in [0.4, 0.5) is 0 Å². The molecule has 0 saturated carbocycles. The molecule has 3 heterocycles. The minimum Gasteiger partial charge on any atom is -0.493 e. The Morgan fingerprint density at radius 2 is 2.10 bits per heavy atom. The first-order valence-corrected chi connectivity index (χ1v) is 10.2. The molecule has 1 amide bonds. The summed E-state index contributed by atoms with van der Waals surface area (Å²) in [6.45, 7) is 1.26. The molecule has 0 radical (unpaired) electrons. The standard InChI is InChI=1S/C22H20N2O5S/c1-14(25)15-7-8-19(20(11-15)27-2)29-13-22(26)24-17(21-6-4-10-30-21)12-16(23-24)18-5-3-9-28-18/h3-11,17H,12-13H2,1-2H3/t17-/m0/s1. The first kappa shape index (κ1) is 19.9. The van der Waals surface area contributed by atoms with E-state index < -0.39 is 0 Å². The highest BCUT2D eigenvalue weighted by molar-refractivity contribution is 7.10. The normalized spacial score (nSPS) is 15.7. The lowest BCUT2D eigenvalue weighted by Crippen LogP contribution is -2.31. The molecule has 1 aliphatic heterocycles. The highest BCUT2D eigenvalue weighted by atomic mass is 32.1. The second kappa shape index (κ2) is 8.54. The van der Waals surface area contributed by atoms with Gasteiger partial charge in [0.05, 0.1) is 19.4 Å². The molecule has 1 aromatic carbocycles. The molecule has 3 aromatic rings. The molecule has 0 saturated heterocycles. The molecule has 0 fully saturated rings. The minimum absolute atomic E-state index is 0.0772. The Morgan fingerprint density at radius 3 is 2.77 bits per heavy atom. The molecule has 0 bridgehead atoms. The van der Waals surface area contributed by atoms with Crippen molar-refractivity contribution in [1.82, 2.24) is 5.01 Å². The van der Waals surface area contributed by atoms with Gasteiger partial charge in [0.2, 0.25) is 0 Å². The van der Waals surface area contributed by atoms with Gasteiger partial charge in [0.15, 0.2) is 23.9 Å². The van der Waals surface area contributed by atoms with Gasteiger partial charge in [0.25, 0.3) is 5.91 Å². The van der Waals surface area contributed by atoms with E-state index in [1.165, 1.54) is 19.0 Å². The molecule has 0 spiro atoms. The number of hydrazone groups is 1. The number of ether oxygens (including phenoxy) is 2. The number of benzene rings is 1. The van der Waals surface area contributed by atoms with Crippen LogP contribution in [-0.4, -0.2) is 36.1 Å². The summed E-state index contributed by atoms with van der Waals surface area (Å²) in [4.78, 5) is 25.6. The smallest absolute Gasteiger partial charge is 0.281 e. The maximum absolute atomic E-state index is 13.0. The van der Waals surface area contributed by atoms with Crippen LogP contribution in [0.5, 0.6) is 11.5 Å². The summed E-state index contributed by atoms with van der Waals surface area (Å²) in [6, 6.07) is 12.2. The maximum atomic E-state index is 13.0. The van der Waals surface area contributed by atoms with Gasteiger partial charge in [-0.15, -0.1) is 11.3 Å². The Labute approximate surface area is 177 Å². The number of hydrogen-bond donors (Lipinski definition) is 0. The van der Waals surface area contributed by atoms with Crippen molar-refractivity contribution in [3.63, 3.8) is 0 Å². The zero-order valence-electron chi connectivity index (χ0n) is 16.5. The summed E-state index contributed by atoms with van der Waals surface area (Å²) in [5.41, 5.74) is 1.23. The number of Topliss-reactive ketones (excluding diaryl/α,β-unsaturated/α-hetero) is 1. The Bertz CT molecular complexity index is 1070. The van der Waals surface area contributed by atoms with Gasteiger partial charge in [0.1, 0.15) is 11.5 Å². The van der Waals surface area contributed by atoms with E-state index in [1.54, 1.807) is 41.9 Å². The Hall–Kier alpha value is -3.39. The van der Waals surface area contributed by atoms with Crippen LogP contribution in [0.3, 0.4) is 0 Å². The van der Waals surface area contributed by atoms with Crippen molar-refractivity contribution >= 4 is 28.7 Å². The third kappa shape index (κ3) is 3.99. The summed E-state index contributed by atoms with van der Waals surface area (Å²) in [7, 11) is 1.49. The fraction of sp³-hybridized carbons (Fsp3) is 0.227. The lowest BCUT2D eigenvalue weighted by Gasteiger charge is -2.21. The molecule has 4 rings (SSSR count). The van der Waals surface area contributed by atoms with E-state index in [2.05, 4.69) is 5.10 Å². The Balaban J connectivity index is 1.53. The molecule has 0 unspecified atom stereocenters. The molecule has 2 aromatic heterocycles. The van der Waals surface area contributed by atoms with E-state index in [-0.39, 0.29) is 24.3 Å². The summed E-state index contributed by atoms with van der Waals surface area (Å²) >= 11 is 1.57. The molecule has 1 atom stereocenters. The van der Waals surface area contributed by atoms with Crippen molar-refractivity contribution in [2.24, 2.45) is 5.10 Å². The molecule has 7 nitrogen and oxygen atoms in total. The van der Waals surface area contributed by atoms with Crippen LogP contribution in [0.2, 0.25) is 0 Å². The van der Waals surface area contributed by atoms with Gasteiger partial charge in [-0.3, -0.25) is 9.59 Å². The summed E-state index contributed by atoms with van der Waals surface area (Å²) in [5, 5.41) is 7.95. The van der Waals surface area contributed by atoms with Crippen LogP contribution in [0.25, 0.3) is 0 Å². The number of nitrogens with zero attached hydrogens (tertiary/aromatic N) is 2. The second-order valence-electron chi connectivity index (χ2n) is 6.71. The fourth-order valence-electron chi connectivity index (χ4n) is 3.25. The predicted molar refractivity (Wildman–Crippen MR) is 112 cm³/mol. The van der Waals surface area contributed by atoms with Crippen LogP contribution in [0.15, 0.2) is 63.6 Å². The molecular weight excluding hydrogens is 404 g/mol. The number of rotatable bonds is 7. The van der Waals surface area contributed by atoms with Crippen molar-refractivity contribution in [1.29, 1.82) is 0 Å². The Morgan fingerprint density at radius 1 is 1.23 bits per heavy atom. The van der Waals surface area contributed by atoms with Crippen molar-refractivity contribution in [3.05, 3.63) is 70.3 Å².